The minimum atomic E-state index is -0.762. The molecule has 1 aromatic carbocycles. The Bertz CT molecular complexity index is 566. The SMILES string of the molecule is N#Cc1c(-c2c(F)cccc2F)nsc1N. The third-order valence-electron chi connectivity index (χ3n) is 2.03. The Kier molecular flexibility index (Phi) is 2.54. The Hall–Kier alpha value is -2.00. The van der Waals surface area contributed by atoms with Crippen LogP contribution in [0.3, 0.4) is 0 Å². The molecule has 0 fully saturated rings. The third-order valence-corrected chi connectivity index (χ3v) is 2.70. The standard InChI is InChI=1S/C10H5F2N3S/c11-6-2-1-3-7(12)8(6)9-5(4-13)10(14)16-15-9/h1-3H,14H2. The van der Waals surface area contributed by atoms with Crippen molar-refractivity contribution < 1.29 is 8.78 Å². The van der Waals surface area contributed by atoms with Crippen molar-refractivity contribution in [2.75, 3.05) is 5.73 Å². The lowest BCUT2D eigenvalue weighted by Crippen LogP contribution is -1.92. The summed E-state index contributed by atoms with van der Waals surface area (Å²) in [6.07, 6.45) is 0. The Morgan fingerprint density at radius 1 is 1.31 bits per heavy atom. The number of hydrogen-bond donors (Lipinski definition) is 1. The minimum Gasteiger partial charge on any atom is -0.388 e. The molecule has 0 aliphatic heterocycles. The average Bonchev–Trinajstić information content (AvgIpc) is 2.59. The topological polar surface area (TPSA) is 62.7 Å². The number of anilines is 1. The second kappa shape index (κ2) is 3.87. The molecule has 16 heavy (non-hydrogen) atoms. The number of nitrogens with two attached hydrogens (primary N) is 1. The zero-order chi connectivity index (χ0) is 11.7. The van der Waals surface area contributed by atoms with E-state index in [1.54, 1.807) is 6.07 Å². The largest absolute Gasteiger partial charge is 0.388 e. The summed E-state index contributed by atoms with van der Waals surface area (Å²) in [4.78, 5) is 0. The highest BCUT2D eigenvalue weighted by molar-refractivity contribution is 7.10. The molecule has 0 saturated heterocycles. The van der Waals surface area contributed by atoms with Crippen LogP contribution in [0.4, 0.5) is 13.8 Å². The van der Waals surface area contributed by atoms with E-state index in [1.165, 1.54) is 6.07 Å². The third kappa shape index (κ3) is 1.51. The van der Waals surface area contributed by atoms with Crippen LogP contribution >= 0.6 is 11.5 Å². The van der Waals surface area contributed by atoms with Crippen molar-refractivity contribution in [3.63, 3.8) is 0 Å². The lowest BCUT2D eigenvalue weighted by atomic mass is 10.1. The summed E-state index contributed by atoms with van der Waals surface area (Å²) in [6.45, 7) is 0. The number of hydrogen-bond acceptors (Lipinski definition) is 4. The van der Waals surface area contributed by atoms with Gasteiger partial charge in [-0.2, -0.15) is 9.64 Å². The Labute approximate surface area is 93.9 Å². The normalized spacial score (nSPS) is 10.1. The second-order valence-electron chi connectivity index (χ2n) is 2.98. The molecule has 3 nitrogen and oxygen atoms in total. The maximum absolute atomic E-state index is 13.4. The lowest BCUT2D eigenvalue weighted by molar-refractivity contribution is 0.589. The lowest BCUT2D eigenvalue weighted by Gasteiger charge is -2.01. The minimum absolute atomic E-state index is 0.00833. The molecule has 1 aromatic heterocycles. The molecule has 0 aliphatic rings. The average molecular weight is 237 g/mol. The first-order valence-electron chi connectivity index (χ1n) is 4.24. The van der Waals surface area contributed by atoms with Gasteiger partial charge in [0.1, 0.15) is 34.0 Å². The van der Waals surface area contributed by atoms with Gasteiger partial charge in [0.2, 0.25) is 0 Å². The summed E-state index contributed by atoms with van der Waals surface area (Å²) in [5.41, 5.74) is 5.13. The molecular formula is C10H5F2N3S. The van der Waals surface area contributed by atoms with E-state index in [0.29, 0.717) is 0 Å². The predicted molar refractivity (Wildman–Crippen MR) is 56.6 cm³/mol. The van der Waals surface area contributed by atoms with Crippen LogP contribution in [0.25, 0.3) is 11.3 Å². The fraction of sp³-hybridized carbons (Fsp3) is 0. The monoisotopic (exact) mass is 237 g/mol. The van der Waals surface area contributed by atoms with Crippen LogP contribution in [-0.2, 0) is 0 Å². The van der Waals surface area contributed by atoms with Crippen molar-refractivity contribution in [1.29, 1.82) is 5.26 Å². The second-order valence-corrected chi connectivity index (χ2v) is 3.78. The number of nitriles is 1. The molecule has 2 aromatic rings. The molecule has 0 unspecified atom stereocenters. The molecule has 0 saturated carbocycles. The van der Waals surface area contributed by atoms with E-state index in [1.807, 2.05) is 0 Å². The number of rotatable bonds is 1. The predicted octanol–water partition coefficient (Wildman–Crippen LogP) is 2.54. The highest BCUT2D eigenvalue weighted by atomic mass is 32.1. The van der Waals surface area contributed by atoms with Gasteiger partial charge in [-0.3, -0.25) is 0 Å². The maximum atomic E-state index is 13.4. The Balaban J connectivity index is 2.74. The number of halogens is 2. The van der Waals surface area contributed by atoms with E-state index in [4.69, 9.17) is 11.0 Å². The van der Waals surface area contributed by atoms with E-state index in [0.717, 1.165) is 23.7 Å². The molecule has 6 heteroatoms. The highest BCUT2D eigenvalue weighted by Crippen LogP contribution is 2.32. The van der Waals surface area contributed by atoms with Gasteiger partial charge in [0.05, 0.1) is 5.56 Å². The van der Waals surface area contributed by atoms with Crippen LogP contribution in [0.5, 0.6) is 0 Å². The van der Waals surface area contributed by atoms with Crippen molar-refractivity contribution in [1.82, 2.24) is 4.37 Å². The van der Waals surface area contributed by atoms with E-state index >= 15 is 0 Å². The van der Waals surface area contributed by atoms with E-state index in [-0.39, 0.29) is 21.8 Å². The van der Waals surface area contributed by atoms with Crippen LogP contribution in [0, 0.1) is 23.0 Å². The number of nitrogens with zero attached hydrogens (tertiary/aromatic N) is 2. The number of benzene rings is 1. The first kappa shape index (κ1) is 10.5. The van der Waals surface area contributed by atoms with Crippen LogP contribution in [0.2, 0.25) is 0 Å². The van der Waals surface area contributed by atoms with Gasteiger partial charge in [-0.1, -0.05) is 6.07 Å². The van der Waals surface area contributed by atoms with Gasteiger partial charge >= 0.3 is 0 Å². The molecular weight excluding hydrogens is 232 g/mol. The van der Waals surface area contributed by atoms with Gasteiger partial charge in [0.25, 0.3) is 0 Å². The molecule has 0 radical (unpaired) electrons. The Morgan fingerprint density at radius 2 is 1.94 bits per heavy atom. The molecule has 0 spiro atoms. The molecule has 0 bridgehead atoms. The summed E-state index contributed by atoms with van der Waals surface area (Å²) in [5, 5.41) is 8.98. The summed E-state index contributed by atoms with van der Waals surface area (Å²) >= 11 is 0.840. The van der Waals surface area contributed by atoms with Gasteiger partial charge in [0, 0.05) is 0 Å². The van der Waals surface area contributed by atoms with Crippen molar-refractivity contribution in [2.45, 2.75) is 0 Å². The molecule has 0 amide bonds. The van der Waals surface area contributed by atoms with Crippen LogP contribution < -0.4 is 5.73 Å². The van der Waals surface area contributed by atoms with E-state index < -0.39 is 11.6 Å². The van der Waals surface area contributed by atoms with Crippen molar-refractivity contribution in [3.8, 4) is 17.3 Å². The van der Waals surface area contributed by atoms with Crippen LogP contribution in [0.1, 0.15) is 5.56 Å². The van der Waals surface area contributed by atoms with Gasteiger partial charge in [0.15, 0.2) is 0 Å². The quantitative estimate of drug-likeness (QED) is 0.828. The summed E-state index contributed by atoms with van der Waals surface area (Å²) in [5.74, 6) is -1.52. The van der Waals surface area contributed by atoms with E-state index in [2.05, 4.69) is 4.37 Å². The zero-order valence-corrected chi connectivity index (χ0v) is 8.68. The van der Waals surface area contributed by atoms with Crippen LogP contribution in [0.15, 0.2) is 18.2 Å². The molecule has 2 rings (SSSR count). The maximum Gasteiger partial charge on any atom is 0.135 e. The number of nitrogen functional groups attached to an aromatic ring is 1. The summed E-state index contributed by atoms with van der Waals surface area (Å²) in [6, 6.07) is 5.24. The smallest absolute Gasteiger partial charge is 0.135 e. The molecule has 1 heterocycles. The fourth-order valence-electron chi connectivity index (χ4n) is 1.31. The van der Waals surface area contributed by atoms with Crippen LogP contribution in [-0.4, -0.2) is 4.37 Å². The Morgan fingerprint density at radius 3 is 2.50 bits per heavy atom. The van der Waals surface area contributed by atoms with Crippen molar-refractivity contribution >= 4 is 16.5 Å². The van der Waals surface area contributed by atoms with Crippen molar-refractivity contribution in [3.05, 3.63) is 35.4 Å². The first-order chi connectivity index (χ1) is 7.65. The van der Waals surface area contributed by atoms with Gasteiger partial charge < -0.3 is 5.73 Å². The number of aromatic nitrogens is 1. The van der Waals surface area contributed by atoms with Gasteiger partial charge in [-0.25, -0.2) is 8.78 Å². The van der Waals surface area contributed by atoms with Gasteiger partial charge in [-0.05, 0) is 23.7 Å². The highest BCUT2D eigenvalue weighted by Gasteiger charge is 2.19. The zero-order valence-electron chi connectivity index (χ0n) is 7.87. The summed E-state index contributed by atoms with van der Waals surface area (Å²) < 4.78 is 30.7. The summed E-state index contributed by atoms with van der Waals surface area (Å²) in [7, 11) is 0. The first-order valence-corrected chi connectivity index (χ1v) is 5.02. The fourth-order valence-corrected chi connectivity index (χ4v) is 1.91. The molecule has 2 N–H and O–H groups in total. The molecule has 0 aliphatic carbocycles. The van der Waals surface area contributed by atoms with Crippen molar-refractivity contribution in [2.24, 2.45) is 0 Å². The van der Waals surface area contributed by atoms with E-state index in [9.17, 15) is 8.78 Å². The molecule has 0 atom stereocenters. The van der Waals surface area contributed by atoms with Gasteiger partial charge in [-0.15, -0.1) is 0 Å². The molecule has 80 valence electrons.